The molecule has 0 saturated carbocycles. The van der Waals surface area contributed by atoms with Crippen LogP contribution in [0.25, 0.3) is 0 Å². The molecule has 1 aromatic heterocycles. The van der Waals surface area contributed by atoms with Crippen LogP contribution in [-0.4, -0.2) is 130 Å². The van der Waals surface area contributed by atoms with E-state index in [-0.39, 0.29) is 11.3 Å². The molecule has 0 radical (unpaired) electrons. The molecule has 1 fully saturated rings. The minimum Gasteiger partial charge on any atom is -0.478 e. The molecule has 12 nitrogen and oxygen atoms in total. The number of carboxylic acids is 2. The molecule has 1 aromatic rings. The molecule has 41 heavy (non-hydrogen) atoms. The number of hydrogen-bond acceptors (Lipinski definition) is 10. The monoisotopic (exact) mass is 576 g/mol. The average Bonchev–Trinajstić information content (AvgIpc) is 2.94. The molecular formula is C29H44N4O8. The smallest absolute Gasteiger partial charge is 0.354 e. The van der Waals surface area contributed by atoms with Gasteiger partial charge in [-0.25, -0.2) is 14.6 Å². The van der Waals surface area contributed by atoms with Crippen molar-refractivity contribution in [1.29, 1.82) is 0 Å². The number of aromatic carboxylic acids is 1. The van der Waals surface area contributed by atoms with E-state index >= 15 is 0 Å². The number of carboxylic acid groups (broad SMARTS) is 2. The van der Waals surface area contributed by atoms with Gasteiger partial charge in [-0.2, -0.15) is 0 Å². The first-order chi connectivity index (χ1) is 19.8. The van der Waals surface area contributed by atoms with Gasteiger partial charge in [-0.15, -0.1) is 0 Å². The van der Waals surface area contributed by atoms with E-state index in [0.717, 1.165) is 5.57 Å². The van der Waals surface area contributed by atoms with Crippen molar-refractivity contribution >= 4 is 17.6 Å². The fourth-order valence-electron chi connectivity index (χ4n) is 3.85. The number of nitrogens with one attached hydrogen (secondary N) is 1. The lowest BCUT2D eigenvalue weighted by molar-refractivity contribution is -0.132. The zero-order chi connectivity index (χ0) is 29.9. The second-order valence-electron chi connectivity index (χ2n) is 9.46. The summed E-state index contributed by atoms with van der Waals surface area (Å²) >= 11 is 0. The average molecular weight is 577 g/mol. The van der Waals surface area contributed by atoms with E-state index in [0.29, 0.717) is 104 Å². The van der Waals surface area contributed by atoms with E-state index in [1.165, 1.54) is 6.07 Å². The van der Waals surface area contributed by atoms with Crippen molar-refractivity contribution in [2.75, 3.05) is 97.9 Å². The third-order valence-electron chi connectivity index (χ3n) is 6.17. The number of anilines is 1. The highest BCUT2D eigenvalue weighted by atomic mass is 16.5. The number of nitrogens with zero attached hydrogens (tertiary/aromatic N) is 3. The van der Waals surface area contributed by atoms with Gasteiger partial charge in [0.2, 0.25) is 0 Å². The quantitative estimate of drug-likeness (QED) is 0.293. The molecule has 3 N–H and O–H groups in total. The van der Waals surface area contributed by atoms with E-state index in [1.54, 1.807) is 26.1 Å². The summed E-state index contributed by atoms with van der Waals surface area (Å²) < 4.78 is 23.1. The lowest BCUT2D eigenvalue weighted by atomic mass is 10.2. The normalized spacial score (nSPS) is 18.4. The van der Waals surface area contributed by atoms with Gasteiger partial charge < -0.3 is 34.5 Å². The van der Waals surface area contributed by atoms with Crippen LogP contribution in [0.15, 0.2) is 48.1 Å². The van der Waals surface area contributed by atoms with E-state index < -0.39 is 11.9 Å². The predicted octanol–water partition coefficient (Wildman–Crippen LogP) is 2.15. The molecular weight excluding hydrogens is 532 g/mol. The number of carbonyl (C=O) groups is 2. The molecule has 2 heterocycles. The van der Waals surface area contributed by atoms with Gasteiger partial charge in [0.05, 0.1) is 58.5 Å². The molecule has 1 aliphatic rings. The molecule has 1 aliphatic heterocycles. The van der Waals surface area contributed by atoms with Crippen molar-refractivity contribution in [1.82, 2.24) is 14.8 Å². The summed E-state index contributed by atoms with van der Waals surface area (Å²) in [6.45, 7) is 13.1. The third-order valence-corrected chi connectivity index (χ3v) is 6.17. The molecule has 0 atom stereocenters. The number of aromatic nitrogens is 1. The van der Waals surface area contributed by atoms with Crippen molar-refractivity contribution in [3.8, 4) is 0 Å². The van der Waals surface area contributed by atoms with Crippen LogP contribution < -0.4 is 5.32 Å². The maximum absolute atomic E-state index is 11.5. The van der Waals surface area contributed by atoms with Crippen LogP contribution in [0.5, 0.6) is 0 Å². The molecule has 12 heteroatoms. The summed E-state index contributed by atoms with van der Waals surface area (Å²) in [5, 5.41) is 21.3. The van der Waals surface area contributed by atoms with Crippen molar-refractivity contribution in [3.05, 3.63) is 59.5 Å². The Morgan fingerprint density at radius 3 is 1.95 bits per heavy atom. The molecule has 2 rings (SSSR count). The van der Waals surface area contributed by atoms with Gasteiger partial charge in [-0.1, -0.05) is 24.8 Å². The first-order valence-electron chi connectivity index (χ1n) is 13.7. The lowest BCUT2D eigenvalue weighted by Crippen LogP contribution is -2.34. The molecule has 0 amide bonds. The molecule has 1 saturated heterocycles. The molecule has 0 spiro atoms. The molecule has 0 aromatic carbocycles. The Morgan fingerprint density at radius 2 is 1.46 bits per heavy atom. The summed E-state index contributed by atoms with van der Waals surface area (Å²) in [6.07, 6.45) is 5.05. The maximum Gasteiger partial charge on any atom is 0.354 e. The second kappa shape index (κ2) is 19.9. The summed E-state index contributed by atoms with van der Waals surface area (Å²) in [6, 6.07) is 3.35. The van der Waals surface area contributed by atoms with Crippen molar-refractivity contribution < 1.29 is 38.7 Å². The second-order valence-corrected chi connectivity index (χ2v) is 9.46. The molecule has 0 bridgehead atoms. The summed E-state index contributed by atoms with van der Waals surface area (Å²) in [4.78, 5) is 31.0. The van der Waals surface area contributed by atoms with Crippen LogP contribution in [-0.2, 0) is 30.3 Å². The van der Waals surface area contributed by atoms with Crippen LogP contribution in [0.3, 0.4) is 0 Å². The van der Waals surface area contributed by atoms with E-state index in [9.17, 15) is 14.7 Å². The minimum atomic E-state index is -1.07. The fraction of sp³-hybridized carbons (Fsp3) is 0.552. The number of pyridine rings is 1. The van der Waals surface area contributed by atoms with Crippen molar-refractivity contribution in [2.24, 2.45) is 0 Å². The summed E-state index contributed by atoms with van der Waals surface area (Å²) in [7, 11) is 1.74. The van der Waals surface area contributed by atoms with E-state index in [2.05, 4.69) is 26.7 Å². The van der Waals surface area contributed by atoms with Gasteiger partial charge in [0.15, 0.2) is 5.69 Å². The van der Waals surface area contributed by atoms with E-state index in [1.807, 2.05) is 12.1 Å². The summed E-state index contributed by atoms with van der Waals surface area (Å²) in [5.41, 5.74) is 2.45. The van der Waals surface area contributed by atoms with Crippen molar-refractivity contribution in [2.45, 2.75) is 13.5 Å². The number of ether oxygens (including phenoxy) is 4. The standard InChI is InChI=1S/C29H44N4O8/c1-23(5-4-6-24(2)28(34)35)21-32-7-11-38-15-17-40-13-9-33(10-14-41-18-16-39-12-8-32)22-26-19-25(30-3)20-27(31-26)29(36)37/h4-6,19-20H,1,7-18,21-22H2,2-3H3,(H,30,31)(H,34,35)(H,36,37)/b5-4-,24-6+. The Bertz CT molecular complexity index is 1010. The highest BCUT2D eigenvalue weighted by molar-refractivity contribution is 5.86. The van der Waals surface area contributed by atoms with Crippen LogP contribution >= 0.6 is 0 Å². The van der Waals surface area contributed by atoms with Crippen molar-refractivity contribution in [3.63, 3.8) is 0 Å². The lowest BCUT2D eigenvalue weighted by Gasteiger charge is -2.24. The maximum atomic E-state index is 11.5. The number of allylic oxidation sites excluding steroid dienone is 2. The highest BCUT2D eigenvalue weighted by Gasteiger charge is 2.13. The Kier molecular flexibility index (Phi) is 16.5. The topological polar surface area (TPSA) is 143 Å². The molecule has 228 valence electrons. The zero-order valence-electron chi connectivity index (χ0n) is 24.2. The van der Waals surface area contributed by atoms with Crippen LogP contribution in [0, 0.1) is 0 Å². The van der Waals surface area contributed by atoms with Gasteiger partial charge in [0.1, 0.15) is 0 Å². The van der Waals surface area contributed by atoms with Crippen LogP contribution in [0.1, 0.15) is 23.1 Å². The Hall–Kier alpha value is -3.13. The zero-order valence-corrected chi connectivity index (χ0v) is 24.2. The fourth-order valence-corrected chi connectivity index (χ4v) is 3.85. The van der Waals surface area contributed by atoms with Gasteiger partial charge in [-0.3, -0.25) is 9.80 Å². The Labute approximate surface area is 242 Å². The number of rotatable bonds is 9. The first-order valence-corrected chi connectivity index (χ1v) is 13.7. The van der Waals surface area contributed by atoms with Gasteiger partial charge in [0, 0.05) is 57.6 Å². The summed E-state index contributed by atoms with van der Waals surface area (Å²) in [5.74, 6) is -2.02. The van der Waals surface area contributed by atoms with Gasteiger partial charge >= 0.3 is 11.9 Å². The van der Waals surface area contributed by atoms with E-state index in [4.69, 9.17) is 24.1 Å². The Balaban J connectivity index is 1.87. The SMILES string of the molecule is C=C(/C=C\C=C(/C)C(=O)O)CN1CCOCCOCCN(Cc2cc(NC)cc(C(=O)O)n2)CCOCCOCC1. The first kappa shape index (κ1) is 34.1. The largest absolute Gasteiger partial charge is 0.478 e. The molecule has 0 unspecified atom stereocenters. The molecule has 0 aliphatic carbocycles. The minimum absolute atomic E-state index is 0.00245. The van der Waals surface area contributed by atoms with Gasteiger partial charge in [-0.05, 0) is 24.6 Å². The third kappa shape index (κ3) is 14.9. The highest BCUT2D eigenvalue weighted by Crippen LogP contribution is 2.13. The van der Waals surface area contributed by atoms with Crippen LogP contribution in [0.4, 0.5) is 5.69 Å². The van der Waals surface area contributed by atoms with Gasteiger partial charge in [0.25, 0.3) is 0 Å². The number of hydrogen-bond donors (Lipinski definition) is 3. The predicted molar refractivity (Wildman–Crippen MR) is 155 cm³/mol. The van der Waals surface area contributed by atoms with Crippen LogP contribution in [0.2, 0.25) is 0 Å². The number of aliphatic carboxylic acids is 1. The Morgan fingerprint density at radius 1 is 0.927 bits per heavy atom.